The molecule has 0 unspecified atom stereocenters. The Morgan fingerprint density at radius 3 is 2.82 bits per heavy atom. The van der Waals surface area contributed by atoms with Gasteiger partial charge in [-0.2, -0.15) is 0 Å². The van der Waals surface area contributed by atoms with Crippen LogP contribution in [-0.4, -0.2) is 22.9 Å². The SMILES string of the molecule is COCc1cc(C(=O)c2cncnc2)sc1Cl. The molecule has 0 saturated heterocycles. The van der Waals surface area contributed by atoms with Crippen molar-refractivity contribution in [2.24, 2.45) is 0 Å². The Labute approximate surface area is 107 Å². The predicted octanol–water partition coefficient (Wildman–Crippen LogP) is 2.57. The lowest BCUT2D eigenvalue weighted by Crippen LogP contribution is -1.99. The second kappa shape index (κ2) is 5.35. The van der Waals surface area contributed by atoms with Crippen molar-refractivity contribution in [1.82, 2.24) is 9.97 Å². The average Bonchev–Trinajstić information content (AvgIpc) is 2.72. The number of nitrogens with zero attached hydrogens (tertiary/aromatic N) is 2. The van der Waals surface area contributed by atoms with Gasteiger partial charge in [-0.1, -0.05) is 11.6 Å². The summed E-state index contributed by atoms with van der Waals surface area (Å²) in [5.41, 5.74) is 1.27. The Hall–Kier alpha value is -1.30. The van der Waals surface area contributed by atoms with E-state index in [1.54, 1.807) is 13.2 Å². The minimum Gasteiger partial charge on any atom is -0.380 e. The van der Waals surface area contributed by atoms with E-state index >= 15 is 0 Å². The van der Waals surface area contributed by atoms with Crippen molar-refractivity contribution >= 4 is 28.7 Å². The first-order chi connectivity index (χ1) is 8.22. The zero-order valence-corrected chi connectivity index (χ0v) is 10.6. The van der Waals surface area contributed by atoms with E-state index in [9.17, 15) is 4.79 Å². The van der Waals surface area contributed by atoms with Gasteiger partial charge >= 0.3 is 0 Å². The van der Waals surface area contributed by atoms with Gasteiger partial charge in [0.15, 0.2) is 0 Å². The second-order valence-electron chi connectivity index (χ2n) is 3.30. The molecule has 6 heteroatoms. The van der Waals surface area contributed by atoms with E-state index < -0.39 is 0 Å². The standard InChI is InChI=1S/C11H9ClN2O2S/c1-16-5-7-2-9(17-11(7)12)10(15)8-3-13-6-14-4-8/h2-4,6H,5H2,1H3. The maximum absolute atomic E-state index is 12.0. The Kier molecular flexibility index (Phi) is 3.83. The molecular formula is C11H9ClN2O2S. The number of ether oxygens (including phenoxy) is 1. The number of carbonyl (C=O) groups excluding carboxylic acids is 1. The lowest BCUT2D eigenvalue weighted by Gasteiger charge is -1.95. The van der Waals surface area contributed by atoms with E-state index in [4.69, 9.17) is 16.3 Å². The quantitative estimate of drug-likeness (QED) is 0.800. The summed E-state index contributed by atoms with van der Waals surface area (Å²) in [5, 5.41) is 0. The highest BCUT2D eigenvalue weighted by Gasteiger charge is 2.15. The lowest BCUT2D eigenvalue weighted by molar-refractivity contribution is 0.104. The van der Waals surface area contributed by atoms with Gasteiger partial charge in [-0.05, 0) is 6.07 Å². The normalized spacial score (nSPS) is 10.5. The van der Waals surface area contributed by atoms with Crippen molar-refractivity contribution in [3.8, 4) is 0 Å². The van der Waals surface area contributed by atoms with Crippen LogP contribution in [-0.2, 0) is 11.3 Å². The van der Waals surface area contributed by atoms with Gasteiger partial charge in [0.25, 0.3) is 0 Å². The first-order valence-corrected chi connectivity index (χ1v) is 5.98. The zero-order chi connectivity index (χ0) is 12.3. The molecule has 0 aliphatic carbocycles. The number of carbonyl (C=O) groups is 1. The van der Waals surface area contributed by atoms with Crippen LogP contribution in [0.3, 0.4) is 0 Å². The summed E-state index contributed by atoms with van der Waals surface area (Å²) in [6.45, 7) is 0.397. The molecule has 0 saturated carbocycles. The molecule has 0 aromatic carbocycles. The van der Waals surface area contributed by atoms with Crippen LogP contribution in [0.1, 0.15) is 20.8 Å². The van der Waals surface area contributed by atoms with Gasteiger partial charge in [0.05, 0.1) is 21.4 Å². The predicted molar refractivity (Wildman–Crippen MR) is 65.5 cm³/mol. The van der Waals surface area contributed by atoms with Gasteiger partial charge in [-0.25, -0.2) is 9.97 Å². The molecule has 0 spiro atoms. The van der Waals surface area contributed by atoms with Gasteiger partial charge in [0.2, 0.25) is 5.78 Å². The topological polar surface area (TPSA) is 52.1 Å². The minimum absolute atomic E-state index is 0.125. The number of halogens is 1. The molecule has 4 nitrogen and oxygen atoms in total. The van der Waals surface area contributed by atoms with E-state index in [0.717, 1.165) is 5.56 Å². The first-order valence-electron chi connectivity index (χ1n) is 4.79. The fraction of sp³-hybridized carbons (Fsp3) is 0.182. The van der Waals surface area contributed by atoms with E-state index in [0.29, 0.717) is 21.4 Å². The summed E-state index contributed by atoms with van der Waals surface area (Å²) >= 11 is 7.25. The van der Waals surface area contributed by atoms with Crippen LogP contribution >= 0.6 is 22.9 Å². The summed E-state index contributed by atoms with van der Waals surface area (Å²) in [6.07, 6.45) is 4.35. The van der Waals surface area contributed by atoms with E-state index in [2.05, 4.69) is 9.97 Å². The maximum atomic E-state index is 12.0. The molecule has 0 bridgehead atoms. The summed E-state index contributed by atoms with van der Waals surface area (Å²) in [6, 6.07) is 1.74. The van der Waals surface area contributed by atoms with Gasteiger partial charge < -0.3 is 4.74 Å². The molecule has 0 N–H and O–H groups in total. The van der Waals surface area contributed by atoms with E-state index in [1.807, 2.05) is 0 Å². The van der Waals surface area contributed by atoms with E-state index in [-0.39, 0.29) is 5.78 Å². The maximum Gasteiger partial charge on any atom is 0.206 e. The van der Waals surface area contributed by atoms with Gasteiger partial charge in [-0.15, -0.1) is 11.3 Å². The van der Waals surface area contributed by atoms with Crippen LogP contribution < -0.4 is 0 Å². The van der Waals surface area contributed by atoms with Crippen molar-refractivity contribution in [2.75, 3.05) is 7.11 Å². The van der Waals surface area contributed by atoms with Crippen molar-refractivity contribution in [3.05, 3.63) is 45.1 Å². The van der Waals surface area contributed by atoms with Gasteiger partial charge in [0.1, 0.15) is 6.33 Å². The fourth-order valence-electron chi connectivity index (χ4n) is 1.33. The summed E-state index contributed by atoms with van der Waals surface area (Å²) in [7, 11) is 1.58. The molecule has 88 valence electrons. The van der Waals surface area contributed by atoms with Crippen molar-refractivity contribution in [1.29, 1.82) is 0 Å². The Morgan fingerprint density at radius 2 is 2.18 bits per heavy atom. The first kappa shape index (κ1) is 12.2. The number of hydrogen-bond acceptors (Lipinski definition) is 5. The number of methoxy groups -OCH3 is 1. The Bertz CT molecular complexity index is 528. The van der Waals surface area contributed by atoms with Crippen LogP contribution in [0.2, 0.25) is 4.34 Å². The van der Waals surface area contributed by atoms with Crippen LogP contribution in [0.5, 0.6) is 0 Å². The van der Waals surface area contributed by atoms with Crippen LogP contribution in [0, 0.1) is 0 Å². The number of hydrogen-bond donors (Lipinski definition) is 0. The van der Waals surface area contributed by atoms with Crippen molar-refractivity contribution in [3.63, 3.8) is 0 Å². The largest absolute Gasteiger partial charge is 0.380 e. The minimum atomic E-state index is -0.125. The summed E-state index contributed by atoms with van der Waals surface area (Å²) < 4.78 is 5.57. The number of aromatic nitrogens is 2. The van der Waals surface area contributed by atoms with Gasteiger partial charge in [-0.3, -0.25) is 4.79 Å². The third-order valence-corrected chi connectivity index (χ3v) is 3.54. The number of thiophene rings is 1. The lowest BCUT2D eigenvalue weighted by atomic mass is 10.2. The molecule has 0 atom stereocenters. The number of rotatable bonds is 4. The average molecular weight is 269 g/mol. The molecule has 2 aromatic rings. The van der Waals surface area contributed by atoms with Crippen molar-refractivity contribution < 1.29 is 9.53 Å². The molecule has 2 aromatic heterocycles. The second-order valence-corrected chi connectivity index (χ2v) is 4.95. The molecule has 0 amide bonds. The molecule has 17 heavy (non-hydrogen) atoms. The summed E-state index contributed by atoms with van der Waals surface area (Å²) in [4.78, 5) is 20.2. The van der Waals surface area contributed by atoms with Crippen LogP contribution in [0.15, 0.2) is 24.8 Å². The van der Waals surface area contributed by atoms with Crippen molar-refractivity contribution in [2.45, 2.75) is 6.61 Å². The highest BCUT2D eigenvalue weighted by molar-refractivity contribution is 7.18. The molecule has 2 heterocycles. The Morgan fingerprint density at radius 1 is 1.47 bits per heavy atom. The smallest absolute Gasteiger partial charge is 0.206 e. The molecule has 0 fully saturated rings. The molecule has 0 radical (unpaired) electrons. The fourth-order valence-corrected chi connectivity index (χ4v) is 2.54. The molecule has 0 aliphatic heterocycles. The third-order valence-electron chi connectivity index (χ3n) is 2.10. The third kappa shape index (κ3) is 2.69. The molecule has 0 aliphatic rings. The highest BCUT2D eigenvalue weighted by atomic mass is 35.5. The van der Waals surface area contributed by atoms with Gasteiger partial charge in [0, 0.05) is 25.1 Å². The summed E-state index contributed by atoms with van der Waals surface area (Å²) in [5.74, 6) is -0.125. The van der Waals surface area contributed by atoms with E-state index in [1.165, 1.54) is 30.1 Å². The Balaban J connectivity index is 2.29. The molecular weight excluding hydrogens is 260 g/mol. The monoisotopic (exact) mass is 268 g/mol. The molecule has 2 rings (SSSR count). The van der Waals surface area contributed by atoms with Crippen LogP contribution in [0.25, 0.3) is 0 Å². The van der Waals surface area contributed by atoms with Crippen LogP contribution in [0.4, 0.5) is 0 Å². The highest BCUT2D eigenvalue weighted by Crippen LogP contribution is 2.29. The number of ketones is 1. The zero-order valence-electron chi connectivity index (χ0n) is 9.01.